The van der Waals surface area contributed by atoms with Gasteiger partial charge in [0.15, 0.2) is 0 Å². The second kappa shape index (κ2) is 4.81. The highest BCUT2D eigenvalue weighted by atomic mass is 16.3. The quantitative estimate of drug-likeness (QED) is 0.519. The van der Waals surface area contributed by atoms with Crippen molar-refractivity contribution in [3.05, 3.63) is 12.2 Å². The summed E-state index contributed by atoms with van der Waals surface area (Å²) in [6.07, 6.45) is 4.11. The maximum atomic E-state index is 8.78. The molecule has 0 amide bonds. The molecule has 0 saturated heterocycles. The summed E-state index contributed by atoms with van der Waals surface area (Å²) in [6, 6.07) is 0. The fourth-order valence-corrected chi connectivity index (χ4v) is 0.372. The lowest BCUT2D eigenvalue weighted by Crippen LogP contribution is -2.16. The van der Waals surface area contributed by atoms with Gasteiger partial charge in [-0.25, -0.2) is 0 Å². The Bertz CT molecular complexity index is 70.9. The van der Waals surface area contributed by atoms with Crippen LogP contribution in [0.4, 0.5) is 0 Å². The first-order valence-electron chi connectivity index (χ1n) is 2.86. The number of aliphatic hydroxyl groups excluding tert-OH is 1. The van der Waals surface area contributed by atoms with E-state index in [0.717, 1.165) is 6.42 Å². The van der Waals surface area contributed by atoms with Crippen LogP contribution in [0.2, 0.25) is 0 Å². The van der Waals surface area contributed by atoms with Gasteiger partial charge in [-0.05, 0) is 6.42 Å². The smallest absolute Gasteiger partial charge is 0.0843 e. The Morgan fingerprint density at radius 1 is 1.75 bits per heavy atom. The van der Waals surface area contributed by atoms with Crippen molar-refractivity contribution < 1.29 is 5.11 Å². The van der Waals surface area contributed by atoms with E-state index in [4.69, 9.17) is 10.8 Å². The minimum atomic E-state index is -0.449. The van der Waals surface area contributed by atoms with Crippen LogP contribution in [0.1, 0.15) is 13.3 Å². The fourth-order valence-electron chi connectivity index (χ4n) is 0.372. The van der Waals surface area contributed by atoms with Gasteiger partial charge in [0, 0.05) is 6.54 Å². The third kappa shape index (κ3) is 3.84. The van der Waals surface area contributed by atoms with Gasteiger partial charge in [-0.15, -0.1) is 0 Å². The van der Waals surface area contributed by atoms with Crippen LogP contribution in [0.15, 0.2) is 12.2 Å². The van der Waals surface area contributed by atoms with Crippen molar-refractivity contribution in [2.24, 2.45) is 5.73 Å². The number of allylic oxidation sites excluding steroid dienone is 1. The number of hydrogen-bond acceptors (Lipinski definition) is 2. The molecular formula is C6H13NO. The van der Waals surface area contributed by atoms with Crippen LogP contribution in [-0.4, -0.2) is 17.8 Å². The third-order valence-corrected chi connectivity index (χ3v) is 0.835. The molecule has 48 valence electrons. The largest absolute Gasteiger partial charge is 0.388 e. The highest BCUT2D eigenvalue weighted by Gasteiger charge is 1.89. The molecule has 0 aromatic rings. The predicted octanol–water partition coefficient (Wildman–Crippen LogP) is 0.272. The molecule has 0 unspecified atom stereocenters. The second-order valence-electron chi connectivity index (χ2n) is 1.64. The van der Waals surface area contributed by atoms with Crippen LogP contribution >= 0.6 is 0 Å². The maximum absolute atomic E-state index is 8.78. The third-order valence-electron chi connectivity index (χ3n) is 0.835. The average Bonchev–Trinajstić information content (AvgIpc) is 1.83. The summed E-state index contributed by atoms with van der Waals surface area (Å²) in [7, 11) is 0. The van der Waals surface area contributed by atoms with Crippen LogP contribution in [0, 0.1) is 0 Å². The van der Waals surface area contributed by atoms with Crippen molar-refractivity contribution in [2.45, 2.75) is 19.4 Å². The first-order valence-corrected chi connectivity index (χ1v) is 2.86. The van der Waals surface area contributed by atoms with Gasteiger partial charge in [-0.3, -0.25) is 0 Å². The van der Waals surface area contributed by atoms with Crippen LogP contribution < -0.4 is 5.73 Å². The van der Waals surface area contributed by atoms with Crippen molar-refractivity contribution in [3.63, 3.8) is 0 Å². The Hall–Kier alpha value is -0.340. The van der Waals surface area contributed by atoms with Crippen molar-refractivity contribution >= 4 is 0 Å². The molecule has 0 radical (unpaired) electrons. The van der Waals surface area contributed by atoms with Gasteiger partial charge >= 0.3 is 0 Å². The Morgan fingerprint density at radius 3 is 2.75 bits per heavy atom. The van der Waals surface area contributed by atoms with Gasteiger partial charge in [0.05, 0.1) is 6.10 Å². The molecule has 0 aliphatic rings. The monoisotopic (exact) mass is 115 g/mol. The molecule has 3 N–H and O–H groups in total. The van der Waals surface area contributed by atoms with Crippen LogP contribution in [-0.2, 0) is 0 Å². The summed E-state index contributed by atoms with van der Waals surface area (Å²) in [4.78, 5) is 0. The molecule has 0 aromatic heterocycles. The van der Waals surface area contributed by atoms with Crippen molar-refractivity contribution in [3.8, 4) is 0 Å². The second-order valence-corrected chi connectivity index (χ2v) is 1.64. The van der Waals surface area contributed by atoms with E-state index in [1.165, 1.54) is 0 Å². The SMILES string of the molecule is CC/C=C/[C@H](O)CN. The predicted molar refractivity (Wildman–Crippen MR) is 34.5 cm³/mol. The van der Waals surface area contributed by atoms with Crippen LogP contribution in [0.3, 0.4) is 0 Å². The Kier molecular flexibility index (Phi) is 4.61. The topological polar surface area (TPSA) is 46.2 Å². The zero-order valence-corrected chi connectivity index (χ0v) is 5.17. The molecule has 0 aliphatic heterocycles. The van der Waals surface area contributed by atoms with E-state index in [2.05, 4.69) is 0 Å². The minimum Gasteiger partial charge on any atom is -0.388 e. The van der Waals surface area contributed by atoms with E-state index in [-0.39, 0.29) is 0 Å². The lowest BCUT2D eigenvalue weighted by Gasteiger charge is -1.96. The van der Waals surface area contributed by atoms with Gasteiger partial charge < -0.3 is 10.8 Å². The molecule has 8 heavy (non-hydrogen) atoms. The standard InChI is InChI=1S/C6H13NO/c1-2-3-4-6(8)5-7/h3-4,6,8H,2,5,7H2,1H3/b4-3+/t6-/m0/s1. The van der Waals surface area contributed by atoms with Gasteiger partial charge in [0.1, 0.15) is 0 Å². The molecule has 2 nitrogen and oxygen atoms in total. The zero-order chi connectivity index (χ0) is 6.41. The molecular weight excluding hydrogens is 102 g/mol. The minimum absolute atomic E-state index is 0.316. The highest BCUT2D eigenvalue weighted by molar-refractivity contribution is 4.87. The molecule has 0 rings (SSSR count). The highest BCUT2D eigenvalue weighted by Crippen LogP contribution is 1.84. The fraction of sp³-hybridized carbons (Fsp3) is 0.667. The summed E-state index contributed by atoms with van der Waals surface area (Å²) in [5.74, 6) is 0. The Balaban J connectivity index is 3.21. The summed E-state index contributed by atoms with van der Waals surface area (Å²) in [5.41, 5.74) is 5.11. The zero-order valence-electron chi connectivity index (χ0n) is 5.17. The van der Waals surface area contributed by atoms with Gasteiger partial charge in [-0.2, -0.15) is 0 Å². The van der Waals surface area contributed by atoms with Gasteiger partial charge in [0.25, 0.3) is 0 Å². The number of nitrogens with two attached hydrogens (primary N) is 1. The lowest BCUT2D eigenvalue weighted by atomic mass is 10.3. The molecule has 0 bridgehead atoms. The molecule has 2 heteroatoms. The molecule has 0 aliphatic carbocycles. The van der Waals surface area contributed by atoms with Crippen molar-refractivity contribution in [2.75, 3.05) is 6.54 Å². The molecule has 0 heterocycles. The molecule has 0 spiro atoms. The van der Waals surface area contributed by atoms with Gasteiger partial charge in [0.2, 0.25) is 0 Å². The summed E-state index contributed by atoms with van der Waals surface area (Å²) in [5, 5.41) is 8.78. The normalized spacial score (nSPS) is 14.9. The summed E-state index contributed by atoms with van der Waals surface area (Å²) >= 11 is 0. The summed E-state index contributed by atoms with van der Waals surface area (Å²) in [6.45, 7) is 2.33. The number of hydrogen-bond donors (Lipinski definition) is 2. The van der Waals surface area contributed by atoms with E-state index in [1.54, 1.807) is 6.08 Å². The number of rotatable bonds is 3. The molecule has 0 saturated carbocycles. The average molecular weight is 115 g/mol. The van der Waals surface area contributed by atoms with Crippen LogP contribution in [0.5, 0.6) is 0 Å². The molecule has 0 aromatic carbocycles. The Morgan fingerprint density at radius 2 is 2.38 bits per heavy atom. The van der Waals surface area contributed by atoms with Gasteiger partial charge in [-0.1, -0.05) is 19.1 Å². The Labute approximate surface area is 50.0 Å². The number of aliphatic hydroxyl groups is 1. The van der Waals surface area contributed by atoms with Crippen molar-refractivity contribution in [1.29, 1.82) is 0 Å². The van der Waals surface area contributed by atoms with E-state index in [0.29, 0.717) is 6.54 Å². The van der Waals surface area contributed by atoms with E-state index in [9.17, 15) is 0 Å². The summed E-state index contributed by atoms with van der Waals surface area (Å²) < 4.78 is 0. The van der Waals surface area contributed by atoms with E-state index in [1.807, 2.05) is 13.0 Å². The lowest BCUT2D eigenvalue weighted by molar-refractivity contribution is 0.231. The van der Waals surface area contributed by atoms with E-state index >= 15 is 0 Å². The first kappa shape index (κ1) is 7.66. The van der Waals surface area contributed by atoms with E-state index < -0.39 is 6.10 Å². The first-order chi connectivity index (χ1) is 3.81. The van der Waals surface area contributed by atoms with Crippen LogP contribution in [0.25, 0.3) is 0 Å². The molecule has 0 fully saturated rings. The molecule has 1 atom stereocenters. The van der Waals surface area contributed by atoms with Crippen molar-refractivity contribution in [1.82, 2.24) is 0 Å². The maximum Gasteiger partial charge on any atom is 0.0843 e.